The number of aliphatic hydroxyl groups is 1. The van der Waals surface area contributed by atoms with Crippen molar-refractivity contribution in [2.24, 2.45) is 0 Å². The predicted octanol–water partition coefficient (Wildman–Crippen LogP) is 0.226. The highest BCUT2D eigenvalue weighted by molar-refractivity contribution is 7.89. The molecule has 1 heterocycles. The number of aromatic nitrogens is 1. The summed E-state index contributed by atoms with van der Waals surface area (Å²) in [4.78, 5) is 4.07. The Morgan fingerprint density at radius 2 is 2.19 bits per heavy atom. The van der Waals surface area contributed by atoms with Gasteiger partial charge in [-0.15, -0.1) is 0 Å². The summed E-state index contributed by atoms with van der Waals surface area (Å²) in [5.41, 5.74) is 0.700. The first-order chi connectivity index (χ1) is 7.60. The third kappa shape index (κ3) is 3.55. The lowest BCUT2D eigenvalue weighted by molar-refractivity contribution is 0.314. The molecule has 1 rings (SSSR count). The summed E-state index contributed by atoms with van der Waals surface area (Å²) in [6.07, 6.45) is 1.63. The summed E-state index contributed by atoms with van der Waals surface area (Å²) in [5.74, 6) is -0.242. The summed E-state index contributed by atoms with van der Waals surface area (Å²) in [6.45, 7) is 2.03. The fraction of sp³-hybridized carbons (Fsp3) is 0.500. The van der Waals surface area contributed by atoms with E-state index in [0.29, 0.717) is 12.2 Å². The number of nitrogens with zero attached hydrogens (tertiary/aromatic N) is 2. The Morgan fingerprint density at radius 1 is 1.44 bits per heavy atom. The second-order valence-corrected chi connectivity index (χ2v) is 5.38. The van der Waals surface area contributed by atoms with Gasteiger partial charge in [-0.05, 0) is 12.1 Å². The molecule has 0 saturated carbocycles. The first kappa shape index (κ1) is 13.1. The van der Waals surface area contributed by atoms with Crippen molar-refractivity contribution in [1.29, 1.82) is 0 Å². The number of rotatable bonds is 6. The van der Waals surface area contributed by atoms with Crippen LogP contribution in [-0.2, 0) is 16.6 Å². The van der Waals surface area contributed by atoms with E-state index < -0.39 is 10.0 Å². The van der Waals surface area contributed by atoms with E-state index >= 15 is 0 Å². The first-order valence-electron chi connectivity index (χ1n) is 5.08. The molecule has 16 heavy (non-hydrogen) atoms. The molecule has 1 aromatic heterocycles. The zero-order valence-corrected chi connectivity index (χ0v) is 10.0. The van der Waals surface area contributed by atoms with Gasteiger partial charge in [0.25, 0.3) is 0 Å². The van der Waals surface area contributed by atoms with Crippen molar-refractivity contribution in [2.45, 2.75) is 13.5 Å². The summed E-state index contributed by atoms with van der Waals surface area (Å²) in [6, 6.07) is 5.37. The van der Waals surface area contributed by atoms with Gasteiger partial charge < -0.3 is 5.11 Å². The SMILES string of the molecule is CCN(Cc1ccccn1)S(=O)(=O)CCO. The zero-order chi connectivity index (χ0) is 12.0. The summed E-state index contributed by atoms with van der Waals surface area (Å²) >= 11 is 0. The van der Waals surface area contributed by atoms with E-state index in [1.54, 1.807) is 25.3 Å². The van der Waals surface area contributed by atoms with Gasteiger partial charge in [-0.25, -0.2) is 8.42 Å². The van der Waals surface area contributed by atoms with Crippen LogP contribution in [0, 0.1) is 0 Å². The minimum atomic E-state index is -3.38. The molecule has 0 spiro atoms. The van der Waals surface area contributed by atoms with E-state index in [0.717, 1.165) is 0 Å². The van der Waals surface area contributed by atoms with Gasteiger partial charge in [0.2, 0.25) is 10.0 Å². The quantitative estimate of drug-likeness (QED) is 0.777. The molecule has 0 aliphatic heterocycles. The third-order valence-corrected chi connectivity index (χ3v) is 4.03. The lowest BCUT2D eigenvalue weighted by Crippen LogP contribution is -2.33. The molecule has 0 bridgehead atoms. The minimum Gasteiger partial charge on any atom is -0.395 e. The molecule has 6 heteroatoms. The molecule has 0 radical (unpaired) electrons. The van der Waals surface area contributed by atoms with Crippen molar-refractivity contribution < 1.29 is 13.5 Å². The molecule has 1 N–H and O–H groups in total. The van der Waals surface area contributed by atoms with Gasteiger partial charge in [0, 0.05) is 12.7 Å². The molecular weight excluding hydrogens is 228 g/mol. The fourth-order valence-corrected chi connectivity index (χ4v) is 2.53. The minimum absolute atomic E-state index is 0.242. The van der Waals surface area contributed by atoms with Crippen LogP contribution in [0.5, 0.6) is 0 Å². The highest BCUT2D eigenvalue weighted by Gasteiger charge is 2.20. The molecule has 0 aliphatic rings. The number of aliphatic hydroxyl groups excluding tert-OH is 1. The summed E-state index contributed by atoms with van der Waals surface area (Å²) in [7, 11) is -3.38. The molecule has 90 valence electrons. The second-order valence-electron chi connectivity index (χ2n) is 3.29. The van der Waals surface area contributed by atoms with Crippen molar-refractivity contribution in [3.8, 4) is 0 Å². The van der Waals surface area contributed by atoms with E-state index in [2.05, 4.69) is 4.98 Å². The lowest BCUT2D eigenvalue weighted by Gasteiger charge is -2.19. The van der Waals surface area contributed by atoms with E-state index in [9.17, 15) is 8.42 Å². The Hall–Kier alpha value is -0.980. The summed E-state index contributed by atoms with van der Waals surface area (Å²) < 4.78 is 24.7. The number of pyridine rings is 1. The normalized spacial score (nSPS) is 11.9. The lowest BCUT2D eigenvalue weighted by atomic mass is 10.3. The van der Waals surface area contributed by atoms with Crippen LogP contribution in [-0.4, -0.2) is 41.7 Å². The van der Waals surface area contributed by atoms with Gasteiger partial charge in [-0.1, -0.05) is 13.0 Å². The van der Waals surface area contributed by atoms with Crippen molar-refractivity contribution in [3.05, 3.63) is 30.1 Å². The Balaban J connectivity index is 2.77. The van der Waals surface area contributed by atoms with Crippen molar-refractivity contribution >= 4 is 10.0 Å². The number of hydrogen-bond acceptors (Lipinski definition) is 4. The zero-order valence-electron chi connectivity index (χ0n) is 9.20. The molecule has 0 atom stereocenters. The number of sulfonamides is 1. The largest absolute Gasteiger partial charge is 0.395 e. The van der Waals surface area contributed by atoms with Crippen molar-refractivity contribution in [3.63, 3.8) is 0 Å². The van der Waals surface area contributed by atoms with E-state index in [-0.39, 0.29) is 18.9 Å². The summed E-state index contributed by atoms with van der Waals surface area (Å²) in [5, 5.41) is 8.69. The maximum absolute atomic E-state index is 11.7. The topological polar surface area (TPSA) is 70.5 Å². The second kappa shape index (κ2) is 5.93. The van der Waals surface area contributed by atoms with Crippen LogP contribution < -0.4 is 0 Å². The molecule has 0 aliphatic carbocycles. The van der Waals surface area contributed by atoms with Crippen LogP contribution in [0.3, 0.4) is 0 Å². The average molecular weight is 244 g/mol. The molecule has 0 unspecified atom stereocenters. The highest BCUT2D eigenvalue weighted by atomic mass is 32.2. The standard InChI is InChI=1S/C10H16N2O3S/c1-2-12(16(14,15)8-7-13)9-10-5-3-4-6-11-10/h3-6,13H,2,7-9H2,1H3. The molecule has 0 fully saturated rings. The average Bonchev–Trinajstić information content (AvgIpc) is 2.27. The van der Waals surface area contributed by atoms with E-state index in [4.69, 9.17) is 5.11 Å². The molecule has 5 nitrogen and oxygen atoms in total. The monoisotopic (exact) mass is 244 g/mol. The Kier molecular flexibility index (Phi) is 4.85. The molecule has 1 aromatic rings. The Morgan fingerprint density at radius 3 is 2.69 bits per heavy atom. The third-order valence-electron chi connectivity index (χ3n) is 2.16. The van der Waals surface area contributed by atoms with Gasteiger partial charge in [-0.2, -0.15) is 4.31 Å². The first-order valence-corrected chi connectivity index (χ1v) is 6.69. The Labute approximate surface area is 95.8 Å². The van der Waals surface area contributed by atoms with Crippen LogP contribution in [0.25, 0.3) is 0 Å². The van der Waals surface area contributed by atoms with Crippen LogP contribution in [0.1, 0.15) is 12.6 Å². The maximum Gasteiger partial charge on any atom is 0.216 e. The van der Waals surface area contributed by atoms with Gasteiger partial charge in [0.15, 0.2) is 0 Å². The van der Waals surface area contributed by atoms with Crippen LogP contribution in [0.4, 0.5) is 0 Å². The van der Waals surface area contributed by atoms with E-state index in [1.165, 1.54) is 4.31 Å². The smallest absolute Gasteiger partial charge is 0.216 e. The molecule has 0 amide bonds. The highest BCUT2D eigenvalue weighted by Crippen LogP contribution is 2.07. The van der Waals surface area contributed by atoms with Gasteiger partial charge in [0.1, 0.15) is 0 Å². The van der Waals surface area contributed by atoms with Gasteiger partial charge in [-0.3, -0.25) is 4.98 Å². The van der Waals surface area contributed by atoms with Crippen LogP contribution in [0.15, 0.2) is 24.4 Å². The van der Waals surface area contributed by atoms with Crippen LogP contribution >= 0.6 is 0 Å². The molecule has 0 aromatic carbocycles. The van der Waals surface area contributed by atoms with Gasteiger partial charge in [0.05, 0.1) is 24.6 Å². The predicted molar refractivity (Wildman–Crippen MR) is 61.2 cm³/mol. The van der Waals surface area contributed by atoms with Crippen LogP contribution in [0.2, 0.25) is 0 Å². The molecule has 0 saturated heterocycles. The van der Waals surface area contributed by atoms with Crippen molar-refractivity contribution in [1.82, 2.24) is 9.29 Å². The van der Waals surface area contributed by atoms with Gasteiger partial charge >= 0.3 is 0 Å². The molecular formula is C10H16N2O3S. The van der Waals surface area contributed by atoms with E-state index in [1.807, 2.05) is 6.07 Å². The van der Waals surface area contributed by atoms with Crippen molar-refractivity contribution in [2.75, 3.05) is 18.9 Å². The number of hydrogen-bond donors (Lipinski definition) is 1. The Bertz CT molecular complexity index is 405. The maximum atomic E-state index is 11.7. The fourth-order valence-electron chi connectivity index (χ4n) is 1.32.